The third-order valence-electron chi connectivity index (χ3n) is 2.80. The normalized spacial score (nSPS) is 10.8. The maximum Gasteiger partial charge on any atom is 0.266 e. The van der Waals surface area contributed by atoms with Crippen LogP contribution in [-0.2, 0) is 7.05 Å². The fourth-order valence-electron chi connectivity index (χ4n) is 2.00. The van der Waals surface area contributed by atoms with Crippen molar-refractivity contribution in [2.75, 3.05) is 13.4 Å². The average Bonchev–Trinajstić information content (AvgIpc) is 2.61. The van der Waals surface area contributed by atoms with Crippen LogP contribution in [0.3, 0.4) is 0 Å². The molecule has 1 aromatic heterocycles. The van der Waals surface area contributed by atoms with Crippen LogP contribution in [0.2, 0.25) is 0 Å². The van der Waals surface area contributed by atoms with Gasteiger partial charge in [-0.05, 0) is 24.5 Å². The van der Waals surface area contributed by atoms with Gasteiger partial charge >= 0.3 is 0 Å². The molecule has 0 bridgehead atoms. The number of thioether (sulfide) groups is 1. The van der Waals surface area contributed by atoms with E-state index in [1.54, 1.807) is 7.11 Å². The zero-order chi connectivity index (χ0) is 12.6. The van der Waals surface area contributed by atoms with Gasteiger partial charge in [-0.2, -0.15) is 0 Å². The Kier molecular flexibility index (Phi) is 3.02. The Labute approximate surface area is 104 Å². The number of carbonyl (C=O) groups excluding carboxylic acids is 1. The lowest BCUT2D eigenvalue weighted by Crippen LogP contribution is -2.16. The lowest BCUT2D eigenvalue weighted by Gasteiger charge is -2.01. The van der Waals surface area contributed by atoms with Crippen molar-refractivity contribution in [3.8, 4) is 5.75 Å². The van der Waals surface area contributed by atoms with Crippen molar-refractivity contribution in [2.24, 2.45) is 12.8 Å². The van der Waals surface area contributed by atoms with Crippen molar-refractivity contribution in [3.63, 3.8) is 0 Å². The van der Waals surface area contributed by atoms with Crippen LogP contribution >= 0.6 is 11.8 Å². The molecule has 1 heterocycles. The molecule has 2 rings (SSSR count). The SMILES string of the molecule is COc1ccc2c(c1)c(SC)c(C(N)=O)n2C. The molecular formula is C12H14N2O2S. The number of carbonyl (C=O) groups is 1. The standard InChI is InChI=1S/C12H14N2O2S/c1-14-9-5-4-7(16-2)6-8(9)11(17-3)10(14)12(13)15/h4-6H,1-3H3,(H2,13,15). The monoisotopic (exact) mass is 250 g/mol. The smallest absolute Gasteiger partial charge is 0.266 e. The summed E-state index contributed by atoms with van der Waals surface area (Å²) in [7, 11) is 3.46. The van der Waals surface area contributed by atoms with Gasteiger partial charge in [0.2, 0.25) is 0 Å². The zero-order valence-electron chi connectivity index (χ0n) is 9.98. The Bertz CT molecular complexity index is 590. The number of methoxy groups -OCH3 is 1. The van der Waals surface area contributed by atoms with Crippen LogP contribution in [-0.4, -0.2) is 23.8 Å². The van der Waals surface area contributed by atoms with Crippen molar-refractivity contribution in [1.29, 1.82) is 0 Å². The number of ether oxygens (including phenoxy) is 1. The second-order valence-corrected chi connectivity index (χ2v) is 4.50. The van der Waals surface area contributed by atoms with Crippen LogP contribution in [0.25, 0.3) is 10.9 Å². The molecule has 0 fully saturated rings. The third-order valence-corrected chi connectivity index (χ3v) is 3.62. The molecule has 1 amide bonds. The first kappa shape index (κ1) is 11.9. The number of amides is 1. The molecule has 0 aliphatic heterocycles. The Morgan fingerprint density at radius 2 is 2.18 bits per heavy atom. The third kappa shape index (κ3) is 1.76. The minimum atomic E-state index is -0.410. The van der Waals surface area contributed by atoms with Crippen molar-refractivity contribution >= 4 is 28.6 Å². The van der Waals surface area contributed by atoms with E-state index < -0.39 is 5.91 Å². The van der Waals surface area contributed by atoms with E-state index in [2.05, 4.69) is 0 Å². The predicted octanol–water partition coefficient (Wildman–Crippen LogP) is 2.01. The molecule has 0 saturated carbocycles. The Morgan fingerprint density at radius 3 is 2.71 bits per heavy atom. The van der Waals surface area contributed by atoms with E-state index in [-0.39, 0.29) is 0 Å². The molecule has 17 heavy (non-hydrogen) atoms. The highest BCUT2D eigenvalue weighted by molar-refractivity contribution is 7.99. The lowest BCUT2D eigenvalue weighted by atomic mass is 10.2. The molecule has 0 aliphatic carbocycles. The van der Waals surface area contributed by atoms with Crippen molar-refractivity contribution in [1.82, 2.24) is 4.57 Å². The van der Waals surface area contributed by atoms with Gasteiger partial charge in [0.15, 0.2) is 0 Å². The number of rotatable bonds is 3. The molecule has 1 aromatic carbocycles. The number of hydrogen-bond donors (Lipinski definition) is 1. The highest BCUT2D eigenvalue weighted by Gasteiger charge is 2.18. The zero-order valence-corrected chi connectivity index (χ0v) is 10.8. The molecule has 4 nitrogen and oxygen atoms in total. The van der Waals surface area contributed by atoms with E-state index in [1.807, 2.05) is 36.1 Å². The molecule has 2 aromatic rings. The van der Waals surface area contributed by atoms with Crippen molar-refractivity contribution in [2.45, 2.75) is 4.90 Å². The second kappa shape index (κ2) is 4.33. The Hall–Kier alpha value is -1.62. The molecule has 90 valence electrons. The average molecular weight is 250 g/mol. The van der Waals surface area contributed by atoms with Crippen molar-refractivity contribution in [3.05, 3.63) is 23.9 Å². The molecule has 2 N–H and O–H groups in total. The Morgan fingerprint density at radius 1 is 1.47 bits per heavy atom. The van der Waals surface area contributed by atoms with Crippen molar-refractivity contribution < 1.29 is 9.53 Å². The molecule has 0 unspecified atom stereocenters. The van der Waals surface area contributed by atoms with Crippen LogP contribution in [0.1, 0.15) is 10.5 Å². The second-order valence-electron chi connectivity index (χ2n) is 3.69. The summed E-state index contributed by atoms with van der Waals surface area (Å²) in [6.07, 6.45) is 1.93. The highest BCUT2D eigenvalue weighted by Crippen LogP contribution is 2.34. The number of nitrogens with two attached hydrogens (primary N) is 1. The minimum Gasteiger partial charge on any atom is -0.497 e. The van der Waals surface area contributed by atoms with Crippen LogP contribution in [0, 0.1) is 0 Å². The first-order valence-corrected chi connectivity index (χ1v) is 6.32. The van der Waals surface area contributed by atoms with E-state index in [0.29, 0.717) is 5.69 Å². The van der Waals surface area contributed by atoms with Crippen LogP contribution in [0.15, 0.2) is 23.1 Å². The number of fused-ring (bicyclic) bond motifs is 1. The van der Waals surface area contributed by atoms with E-state index in [1.165, 1.54) is 11.8 Å². The predicted molar refractivity (Wildman–Crippen MR) is 69.8 cm³/mol. The molecule has 0 atom stereocenters. The van der Waals surface area contributed by atoms with E-state index in [0.717, 1.165) is 21.5 Å². The quantitative estimate of drug-likeness (QED) is 0.848. The van der Waals surface area contributed by atoms with Gasteiger partial charge in [-0.15, -0.1) is 11.8 Å². The highest BCUT2D eigenvalue weighted by atomic mass is 32.2. The van der Waals surface area contributed by atoms with Gasteiger partial charge < -0.3 is 15.0 Å². The molecular weight excluding hydrogens is 236 g/mol. The number of primary amides is 1. The first-order valence-electron chi connectivity index (χ1n) is 5.10. The number of aryl methyl sites for hydroxylation is 1. The van der Waals surface area contributed by atoms with E-state index >= 15 is 0 Å². The fourth-order valence-corrected chi connectivity index (χ4v) is 2.81. The number of nitrogens with zero attached hydrogens (tertiary/aromatic N) is 1. The summed E-state index contributed by atoms with van der Waals surface area (Å²) in [6.45, 7) is 0. The molecule has 0 aliphatic rings. The van der Waals surface area contributed by atoms with E-state index in [9.17, 15) is 4.79 Å². The molecule has 5 heteroatoms. The summed E-state index contributed by atoms with van der Waals surface area (Å²) < 4.78 is 7.02. The Balaban J connectivity index is 2.84. The van der Waals surface area contributed by atoms with Gasteiger partial charge in [0.1, 0.15) is 11.4 Å². The number of aromatic nitrogens is 1. The largest absolute Gasteiger partial charge is 0.497 e. The topological polar surface area (TPSA) is 57.2 Å². The number of benzene rings is 1. The summed E-state index contributed by atoms with van der Waals surface area (Å²) in [5, 5.41) is 0.994. The molecule has 0 radical (unpaired) electrons. The maximum absolute atomic E-state index is 11.5. The summed E-state index contributed by atoms with van der Waals surface area (Å²) >= 11 is 1.52. The molecule has 0 spiro atoms. The van der Waals surface area contributed by atoms with Crippen LogP contribution in [0.4, 0.5) is 0 Å². The van der Waals surface area contributed by atoms with Gasteiger partial charge in [0, 0.05) is 22.8 Å². The van der Waals surface area contributed by atoms with Crippen LogP contribution < -0.4 is 10.5 Å². The first-order chi connectivity index (χ1) is 8.10. The summed E-state index contributed by atoms with van der Waals surface area (Å²) in [6, 6.07) is 5.73. The van der Waals surface area contributed by atoms with Gasteiger partial charge in [-0.3, -0.25) is 4.79 Å². The van der Waals surface area contributed by atoms with Gasteiger partial charge in [0.25, 0.3) is 5.91 Å². The lowest BCUT2D eigenvalue weighted by molar-refractivity contribution is 0.0990. The summed E-state index contributed by atoms with van der Waals surface area (Å²) in [4.78, 5) is 12.4. The minimum absolute atomic E-state index is 0.410. The molecule has 0 saturated heterocycles. The summed E-state index contributed by atoms with van der Waals surface area (Å²) in [5.41, 5.74) is 6.94. The fraction of sp³-hybridized carbons (Fsp3) is 0.250. The maximum atomic E-state index is 11.5. The summed E-state index contributed by atoms with van der Waals surface area (Å²) in [5.74, 6) is 0.362. The van der Waals surface area contributed by atoms with Gasteiger partial charge in [-0.1, -0.05) is 0 Å². The van der Waals surface area contributed by atoms with E-state index in [4.69, 9.17) is 10.5 Å². The van der Waals surface area contributed by atoms with Gasteiger partial charge in [0.05, 0.1) is 7.11 Å². The number of hydrogen-bond acceptors (Lipinski definition) is 3. The van der Waals surface area contributed by atoms with Crippen LogP contribution in [0.5, 0.6) is 5.75 Å². The van der Waals surface area contributed by atoms with Gasteiger partial charge in [-0.25, -0.2) is 0 Å².